The molecule has 0 amide bonds. The van der Waals surface area contributed by atoms with Crippen LogP contribution in [-0.2, 0) is 10.0 Å². The van der Waals surface area contributed by atoms with Gasteiger partial charge in [0.05, 0.1) is 0 Å². The van der Waals surface area contributed by atoms with E-state index < -0.39 is 15.5 Å². The SMILES string of the molecule is O=S(=O)(n1cccc1)C(F)(F)F. The van der Waals surface area contributed by atoms with Crippen molar-refractivity contribution in [2.24, 2.45) is 0 Å². The van der Waals surface area contributed by atoms with Crippen molar-refractivity contribution < 1.29 is 21.6 Å². The predicted octanol–water partition coefficient (Wildman–Crippen LogP) is 1.19. The Morgan fingerprint density at radius 3 is 1.83 bits per heavy atom. The molecule has 0 spiro atoms. The molecule has 0 atom stereocenters. The normalized spacial score (nSPS) is 13.2. The Kier molecular flexibility index (Phi) is 1.91. The van der Waals surface area contributed by atoms with Crippen molar-refractivity contribution in [1.82, 2.24) is 3.97 Å². The maximum atomic E-state index is 11.8. The van der Waals surface area contributed by atoms with Crippen LogP contribution in [0.1, 0.15) is 0 Å². The molecule has 68 valence electrons. The zero-order valence-corrected chi connectivity index (χ0v) is 6.43. The molecular weight excluding hydrogens is 195 g/mol. The average Bonchev–Trinajstić information content (AvgIpc) is 2.34. The number of rotatable bonds is 1. The second kappa shape index (κ2) is 2.51. The quantitative estimate of drug-likeness (QED) is 0.681. The van der Waals surface area contributed by atoms with Gasteiger partial charge in [-0.2, -0.15) is 21.6 Å². The summed E-state index contributed by atoms with van der Waals surface area (Å²) in [6.45, 7) is 0. The largest absolute Gasteiger partial charge is 0.517 e. The second-order valence-corrected chi connectivity index (χ2v) is 3.80. The zero-order chi connectivity index (χ0) is 9.41. The van der Waals surface area contributed by atoms with Crippen molar-refractivity contribution >= 4 is 10.0 Å². The molecule has 7 heteroatoms. The molecule has 0 aromatic carbocycles. The third-order valence-corrected chi connectivity index (χ3v) is 2.53. The van der Waals surface area contributed by atoms with Crippen molar-refractivity contribution in [2.75, 3.05) is 0 Å². The first-order chi connectivity index (χ1) is 5.36. The number of halogens is 3. The summed E-state index contributed by atoms with van der Waals surface area (Å²) in [5, 5.41) is 0. The van der Waals surface area contributed by atoms with Crippen molar-refractivity contribution in [2.45, 2.75) is 5.51 Å². The molecule has 0 N–H and O–H groups in total. The van der Waals surface area contributed by atoms with Gasteiger partial charge in [-0.25, -0.2) is 3.97 Å². The van der Waals surface area contributed by atoms with E-state index in [2.05, 4.69) is 0 Å². The molecular formula is C5H4F3NO2S. The molecule has 0 radical (unpaired) electrons. The van der Waals surface area contributed by atoms with Crippen LogP contribution in [-0.4, -0.2) is 17.9 Å². The molecule has 0 saturated carbocycles. The second-order valence-electron chi connectivity index (χ2n) is 1.96. The molecule has 1 aromatic heterocycles. The van der Waals surface area contributed by atoms with Gasteiger partial charge >= 0.3 is 15.5 Å². The molecule has 0 bridgehead atoms. The molecule has 12 heavy (non-hydrogen) atoms. The summed E-state index contributed by atoms with van der Waals surface area (Å²) in [7, 11) is -5.22. The van der Waals surface area contributed by atoms with Crippen LogP contribution in [0.15, 0.2) is 24.5 Å². The Hall–Kier alpha value is -0.980. The van der Waals surface area contributed by atoms with Gasteiger partial charge in [-0.1, -0.05) is 0 Å². The molecule has 3 nitrogen and oxygen atoms in total. The van der Waals surface area contributed by atoms with Crippen LogP contribution < -0.4 is 0 Å². The molecule has 1 aromatic rings. The van der Waals surface area contributed by atoms with E-state index in [0.29, 0.717) is 0 Å². The van der Waals surface area contributed by atoms with Crippen LogP contribution in [0.4, 0.5) is 13.2 Å². The number of aromatic nitrogens is 1. The molecule has 0 saturated heterocycles. The van der Waals surface area contributed by atoms with Gasteiger partial charge in [0, 0.05) is 12.4 Å². The lowest BCUT2D eigenvalue weighted by atomic mass is 10.7. The van der Waals surface area contributed by atoms with Gasteiger partial charge in [0.15, 0.2) is 0 Å². The van der Waals surface area contributed by atoms with Gasteiger partial charge in [0.2, 0.25) is 0 Å². The first-order valence-electron chi connectivity index (χ1n) is 2.80. The van der Waals surface area contributed by atoms with Crippen LogP contribution in [0, 0.1) is 0 Å². The highest BCUT2D eigenvalue weighted by Gasteiger charge is 2.46. The predicted molar refractivity (Wildman–Crippen MR) is 34.8 cm³/mol. The Morgan fingerprint density at radius 1 is 1.08 bits per heavy atom. The molecule has 0 aliphatic heterocycles. The van der Waals surface area contributed by atoms with Gasteiger partial charge < -0.3 is 0 Å². The van der Waals surface area contributed by atoms with Crippen molar-refractivity contribution in [3.05, 3.63) is 24.5 Å². The van der Waals surface area contributed by atoms with E-state index in [1.54, 1.807) is 0 Å². The van der Waals surface area contributed by atoms with Crippen molar-refractivity contribution in [1.29, 1.82) is 0 Å². The third kappa shape index (κ3) is 1.31. The van der Waals surface area contributed by atoms with Gasteiger partial charge in [-0.05, 0) is 12.1 Å². The standard InChI is InChI=1S/C5H4F3NO2S/c6-5(7,8)12(10,11)9-3-1-2-4-9/h1-4H. The van der Waals surface area contributed by atoms with E-state index in [-0.39, 0.29) is 3.97 Å². The summed E-state index contributed by atoms with van der Waals surface area (Å²) in [5.41, 5.74) is -5.24. The highest BCUT2D eigenvalue weighted by Crippen LogP contribution is 2.24. The first-order valence-corrected chi connectivity index (χ1v) is 4.24. The lowest BCUT2D eigenvalue weighted by Crippen LogP contribution is -2.28. The number of nitrogens with zero attached hydrogens (tertiary/aromatic N) is 1. The zero-order valence-electron chi connectivity index (χ0n) is 5.62. The maximum absolute atomic E-state index is 11.8. The molecule has 0 fully saturated rings. The van der Waals surface area contributed by atoms with Gasteiger partial charge in [-0.15, -0.1) is 0 Å². The smallest absolute Gasteiger partial charge is 0.245 e. The van der Waals surface area contributed by atoms with E-state index in [0.717, 1.165) is 12.4 Å². The molecule has 1 heterocycles. The summed E-state index contributed by atoms with van der Waals surface area (Å²) in [6, 6.07) is 2.40. The van der Waals surface area contributed by atoms with Gasteiger partial charge in [0.25, 0.3) is 0 Å². The lowest BCUT2D eigenvalue weighted by molar-refractivity contribution is -0.0446. The highest BCUT2D eigenvalue weighted by molar-refractivity contribution is 7.90. The van der Waals surface area contributed by atoms with E-state index in [1.165, 1.54) is 12.1 Å². The monoisotopic (exact) mass is 199 g/mol. The van der Waals surface area contributed by atoms with Gasteiger partial charge in [-0.3, -0.25) is 0 Å². The fraction of sp³-hybridized carbons (Fsp3) is 0.200. The van der Waals surface area contributed by atoms with Crippen molar-refractivity contribution in [3.63, 3.8) is 0 Å². The van der Waals surface area contributed by atoms with Crippen LogP contribution in [0.3, 0.4) is 0 Å². The summed E-state index contributed by atoms with van der Waals surface area (Å²) in [5.74, 6) is 0. The fourth-order valence-corrected chi connectivity index (χ4v) is 1.30. The summed E-state index contributed by atoms with van der Waals surface area (Å²) in [6.07, 6.45) is 1.64. The number of alkyl halides is 3. The summed E-state index contributed by atoms with van der Waals surface area (Å²) >= 11 is 0. The molecule has 0 aliphatic carbocycles. The molecule has 0 unspecified atom stereocenters. The lowest BCUT2D eigenvalue weighted by Gasteiger charge is -2.07. The number of hydrogen-bond acceptors (Lipinski definition) is 2. The topological polar surface area (TPSA) is 39.1 Å². The number of hydrogen-bond donors (Lipinski definition) is 0. The van der Waals surface area contributed by atoms with E-state index in [9.17, 15) is 21.6 Å². The van der Waals surface area contributed by atoms with Crippen LogP contribution in [0.5, 0.6) is 0 Å². The van der Waals surface area contributed by atoms with Crippen molar-refractivity contribution in [3.8, 4) is 0 Å². The van der Waals surface area contributed by atoms with Crippen LogP contribution in [0.2, 0.25) is 0 Å². The van der Waals surface area contributed by atoms with Crippen LogP contribution in [0.25, 0.3) is 0 Å². The van der Waals surface area contributed by atoms with Crippen LogP contribution >= 0.6 is 0 Å². The Bertz CT molecular complexity index is 351. The minimum absolute atomic E-state index is 0.118. The minimum atomic E-state index is -5.24. The third-order valence-electron chi connectivity index (χ3n) is 1.15. The Balaban J connectivity index is 3.22. The highest BCUT2D eigenvalue weighted by atomic mass is 32.2. The molecule has 1 rings (SSSR count). The van der Waals surface area contributed by atoms with E-state index >= 15 is 0 Å². The van der Waals surface area contributed by atoms with E-state index in [4.69, 9.17) is 0 Å². The first kappa shape index (κ1) is 9.11. The van der Waals surface area contributed by atoms with Gasteiger partial charge in [0.1, 0.15) is 0 Å². The Labute approximate surface area is 66.5 Å². The minimum Gasteiger partial charge on any atom is -0.245 e. The fourth-order valence-electron chi connectivity index (χ4n) is 0.598. The Morgan fingerprint density at radius 2 is 1.50 bits per heavy atom. The average molecular weight is 199 g/mol. The summed E-state index contributed by atoms with van der Waals surface area (Å²) < 4.78 is 56.6. The molecule has 0 aliphatic rings. The summed E-state index contributed by atoms with van der Waals surface area (Å²) in [4.78, 5) is 0. The maximum Gasteiger partial charge on any atom is 0.517 e. The van der Waals surface area contributed by atoms with E-state index in [1.807, 2.05) is 0 Å².